The van der Waals surface area contributed by atoms with Gasteiger partial charge in [0.2, 0.25) is 0 Å². The molecule has 0 aliphatic rings. The van der Waals surface area contributed by atoms with Crippen molar-refractivity contribution < 1.29 is 0 Å². The van der Waals surface area contributed by atoms with E-state index in [1.807, 2.05) is 29.0 Å². The molecule has 0 fully saturated rings. The molecule has 2 aromatic heterocycles. The van der Waals surface area contributed by atoms with Crippen LogP contribution in [0.2, 0.25) is 0 Å². The Labute approximate surface area is 101 Å². The van der Waals surface area contributed by atoms with Gasteiger partial charge in [-0.2, -0.15) is 5.26 Å². The van der Waals surface area contributed by atoms with Crippen LogP contribution in [0, 0.1) is 11.3 Å². The smallest absolute Gasteiger partial charge is 0.120 e. The highest BCUT2D eigenvalue weighted by Crippen LogP contribution is 2.10. The third-order valence-electron chi connectivity index (χ3n) is 2.47. The fourth-order valence-corrected chi connectivity index (χ4v) is 1.71. The van der Waals surface area contributed by atoms with Crippen molar-refractivity contribution in [3.63, 3.8) is 0 Å². The highest BCUT2D eigenvalue weighted by atomic mass is 15.0. The minimum atomic E-state index is 0.620. The van der Waals surface area contributed by atoms with Crippen LogP contribution >= 0.6 is 0 Å². The molecule has 0 aliphatic heterocycles. The summed E-state index contributed by atoms with van der Waals surface area (Å²) in [6.45, 7) is 3.56. The Morgan fingerprint density at radius 3 is 3.12 bits per heavy atom. The predicted molar refractivity (Wildman–Crippen MR) is 66.6 cm³/mol. The first-order valence-corrected chi connectivity index (χ1v) is 5.57. The summed E-state index contributed by atoms with van der Waals surface area (Å²) in [4.78, 5) is 4.30. The van der Waals surface area contributed by atoms with E-state index in [0.717, 1.165) is 17.9 Å². The third-order valence-corrected chi connectivity index (χ3v) is 2.47. The van der Waals surface area contributed by atoms with Gasteiger partial charge < -0.3 is 9.88 Å². The van der Waals surface area contributed by atoms with Gasteiger partial charge in [0.15, 0.2) is 0 Å². The highest BCUT2D eigenvalue weighted by Gasteiger charge is 2.02. The Morgan fingerprint density at radius 1 is 1.47 bits per heavy atom. The molecule has 0 saturated carbocycles. The summed E-state index contributed by atoms with van der Waals surface area (Å²) in [6, 6.07) is 9.77. The van der Waals surface area contributed by atoms with E-state index in [9.17, 15) is 0 Å². The fourth-order valence-electron chi connectivity index (χ4n) is 1.71. The van der Waals surface area contributed by atoms with E-state index in [0.29, 0.717) is 12.2 Å². The number of rotatable bonds is 4. The van der Waals surface area contributed by atoms with E-state index in [1.54, 1.807) is 12.3 Å². The second kappa shape index (κ2) is 5.17. The Balaban J connectivity index is 2.19. The molecule has 0 atom stereocenters. The molecule has 1 N–H and O–H groups in total. The minimum Gasteiger partial charge on any atom is -0.385 e. The molecule has 0 aliphatic carbocycles. The Kier molecular flexibility index (Phi) is 3.41. The van der Waals surface area contributed by atoms with Gasteiger partial charge >= 0.3 is 0 Å². The average Bonchev–Trinajstić information content (AvgIpc) is 2.77. The lowest BCUT2D eigenvalue weighted by Crippen LogP contribution is -2.04. The lowest BCUT2D eigenvalue weighted by atomic mass is 10.3. The molecule has 4 heteroatoms. The zero-order valence-corrected chi connectivity index (χ0v) is 9.72. The molecule has 0 radical (unpaired) electrons. The number of pyridine rings is 1. The molecule has 0 saturated heterocycles. The van der Waals surface area contributed by atoms with Crippen LogP contribution < -0.4 is 5.32 Å². The van der Waals surface area contributed by atoms with E-state index >= 15 is 0 Å². The molecular weight excluding hydrogens is 212 g/mol. The zero-order chi connectivity index (χ0) is 12.1. The maximum absolute atomic E-state index is 8.92. The second-order valence-corrected chi connectivity index (χ2v) is 3.70. The minimum absolute atomic E-state index is 0.620. The maximum atomic E-state index is 8.92. The fraction of sp³-hybridized carbons (Fsp3) is 0.231. The van der Waals surface area contributed by atoms with Crippen molar-refractivity contribution in [1.82, 2.24) is 9.55 Å². The van der Waals surface area contributed by atoms with E-state index in [-0.39, 0.29) is 0 Å². The molecule has 17 heavy (non-hydrogen) atoms. The Morgan fingerprint density at radius 2 is 2.35 bits per heavy atom. The van der Waals surface area contributed by atoms with Crippen LogP contribution in [-0.2, 0) is 6.54 Å². The van der Waals surface area contributed by atoms with Crippen molar-refractivity contribution in [3.05, 3.63) is 48.0 Å². The molecule has 2 heterocycles. The number of hydrogen-bond donors (Lipinski definition) is 1. The van der Waals surface area contributed by atoms with Gasteiger partial charge in [0.05, 0.1) is 12.2 Å². The summed E-state index contributed by atoms with van der Waals surface area (Å²) in [6.07, 6.45) is 3.67. The third kappa shape index (κ3) is 2.64. The monoisotopic (exact) mass is 226 g/mol. The van der Waals surface area contributed by atoms with Crippen molar-refractivity contribution in [2.24, 2.45) is 0 Å². The van der Waals surface area contributed by atoms with E-state index in [2.05, 4.69) is 23.3 Å². The lowest BCUT2D eigenvalue weighted by Gasteiger charge is -2.07. The molecule has 0 spiro atoms. The first-order valence-electron chi connectivity index (χ1n) is 5.57. The van der Waals surface area contributed by atoms with Crippen LogP contribution in [0.3, 0.4) is 0 Å². The molecule has 0 amide bonds. The summed E-state index contributed by atoms with van der Waals surface area (Å²) in [5.41, 5.74) is 2.65. The SMILES string of the molecule is CCNc1ccnc(Cn2cccc2C#N)c1. The molecule has 4 nitrogen and oxygen atoms in total. The quantitative estimate of drug-likeness (QED) is 0.869. The normalized spacial score (nSPS) is 9.88. The Hall–Kier alpha value is -2.28. The van der Waals surface area contributed by atoms with E-state index < -0.39 is 0 Å². The van der Waals surface area contributed by atoms with Gasteiger partial charge in [-0.15, -0.1) is 0 Å². The summed E-state index contributed by atoms with van der Waals surface area (Å²) in [7, 11) is 0. The first-order chi connectivity index (χ1) is 8.33. The van der Waals surface area contributed by atoms with Crippen LogP contribution in [0.5, 0.6) is 0 Å². The average molecular weight is 226 g/mol. The molecule has 2 rings (SSSR count). The van der Waals surface area contributed by atoms with Crippen LogP contribution in [0.15, 0.2) is 36.7 Å². The first kappa shape index (κ1) is 11.2. The molecule has 0 unspecified atom stereocenters. The van der Waals surface area contributed by atoms with Gasteiger partial charge in [-0.25, -0.2) is 0 Å². The van der Waals surface area contributed by atoms with Gasteiger partial charge in [0.25, 0.3) is 0 Å². The summed E-state index contributed by atoms with van der Waals surface area (Å²) >= 11 is 0. The van der Waals surface area contributed by atoms with Crippen molar-refractivity contribution in [2.75, 3.05) is 11.9 Å². The van der Waals surface area contributed by atoms with E-state index in [4.69, 9.17) is 5.26 Å². The van der Waals surface area contributed by atoms with E-state index in [1.165, 1.54) is 0 Å². The van der Waals surface area contributed by atoms with Crippen molar-refractivity contribution in [1.29, 1.82) is 5.26 Å². The largest absolute Gasteiger partial charge is 0.385 e. The maximum Gasteiger partial charge on any atom is 0.120 e. The van der Waals surface area contributed by atoms with Crippen molar-refractivity contribution in [2.45, 2.75) is 13.5 Å². The number of anilines is 1. The predicted octanol–water partition coefficient (Wildman–Crippen LogP) is 2.23. The number of hydrogen-bond acceptors (Lipinski definition) is 3. The van der Waals surface area contributed by atoms with Crippen LogP contribution in [0.4, 0.5) is 5.69 Å². The van der Waals surface area contributed by atoms with Crippen LogP contribution in [0.1, 0.15) is 18.3 Å². The standard InChI is InChI=1S/C13H14N4/c1-2-15-11-5-6-16-12(8-11)10-17-7-3-4-13(17)9-14/h3-8H,2,10H2,1H3,(H,15,16). The van der Waals surface area contributed by atoms with Gasteiger partial charge in [0.1, 0.15) is 11.8 Å². The van der Waals surface area contributed by atoms with Gasteiger partial charge in [-0.3, -0.25) is 4.98 Å². The number of nitrogens with one attached hydrogen (secondary N) is 1. The molecule has 0 bridgehead atoms. The Bertz CT molecular complexity index is 536. The zero-order valence-electron chi connectivity index (χ0n) is 9.72. The topological polar surface area (TPSA) is 53.6 Å². The lowest BCUT2D eigenvalue weighted by molar-refractivity contribution is 0.770. The molecule has 86 valence electrons. The van der Waals surface area contributed by atoms with Crippen LogP contribution in [0.25, 0.3) is 0 Å². The summed E-state index contributed by atoms with van der Waals surface area (Å²) in [5, 5.41) is 12.2. The number of nitriles is 1. The number of nitrogens with zero attached hydrogens (tertiary/aromatic N) is 3. The molecule has 0 aromatic carbocycles. The summed E-state index contributed by atoms with van der Waals surface area (Å²) < 4.78 is 1.89. The molecule has 2 aromatic rings. The van der Waals surface area contributed by atoms with Gasteiger partial charge in [0, 0.05) is 24.6 Å². The highest BCUT2D eigenvalue weighted by molar-refractivity contribution is 5.43. The number of aromatic nitrogens is 2. The van der Waals surface area contributed by atoms with Crippen molar-refractivity contribution >= 4 is 5.69 Å². The van der Waals surface area contributed by atoms with Gasteiger partial charge in [-0.1, -0.05) is 0 Å². The van der Waals surface area contributed by atoms with Gasteiger partial charge in [-0.05, 0) is 31.2 Å². The second-order valence-electron chi connectivity index (χ2n) is 3.70. The van der Waals surface area contributed by atoms with Crippen molar-refractivity contribution in [3.8, 4) is 6.07 Å². The molecular formula is C13H14N4. The van der Waals surface area contributed by atoms with Crippen LogP contribution in [-0.4, -0.2) is 16.1 Å². The summed E-state index contributed by atoms with van der Waals surface area (Å²) in [5.74, 6) is 0.